The minimum atomic E-state index is 0.270. The molecule has 0 saturated heterocycles. The van der Waals surface area contributed by atoms with Gasteiger partial charge in [0.15, 0.2) is 0 Å². The van der Waals surface area contributed by atoms with E-state index in [1.165, 1.54) is 6.42 Å². The van der Waals surface area contributed by atoms with E-state index in [0.29, 0.717) is 17.1 Å². The quantitative estimate of drug-likeness (QED) is 0.722. The summed E-state index contributed by atoms with van der Waals surface area (Å²) in [5.74, 6) is 1.71. The summed E-state index contributed by atoms with van der Waals surface area (Å²) >= 11 is 0. The molecule has 0 aromatic heterocycles. The van der Waals surface area contributed by atoms with E-state index in [-0.39, 0.29) is 6.10 Å². The molecular weight excluding hydrogens is 200 g/mol. The fourth-order valence-corrected chi connectivity index (χ4v) is 3.15. The van der Waals surface area contributed by atoms with Crippen LogP contribution in [-0.4, -0.2) is 11.2 Å². The minimum absolute atomic E-state index is 0.270. The van der Waals surface area contributed by atoms with Crippen LogP contribution in [0, 0.1) is 5.41 Å². The summed E-state index contributed by atoms with van der Waals surface area (Å²) in [4.78, 5) is 0. The van der Waals surface area contributed by atoms with Gasteiger partial charge in [0.25, 0.3) is 0 Å². The van der Waals surface area contributed by atoms with Crippen molar-refractivity contribution in [3.8, 4) is 11.5 Å². The first-order valence-corrected chi connectivity index (χ1v) is 6.05. The second kappa shape index (κ2) is 3.16. The molecule has 1 aliphatic carbocycles. The van der Waals surface area contributed by atoms with E-state index in [2.05, 4.69) is 13.8 Å². The zero-order valence-electron chi connectivity index (χ0n) is 9.86. The average molecular weight is 218 g/mol. The first kappa shape index (κ1) is 10.0. The summed E-state index contributed by atoms with van der Waals surface area (Å²) in [7, 11) is 0. The number of benzene rings is 1. The number of aromatic hydroxyl groups is 1. The Bertz CT molecular complexity index is 423. The van der Waals surface area contributed by atoms with E-state index < -0.39 is 0 Å². The van der Waals surface area contributed by atoms with Crippen molar-refractivity contribution in [2.24, 2.45) is 5.41 Å². The van der Waals surface area contributed by atoms with Gasteiger partial charge in [0.05, 0.1) is 0 Å². The van der Waals surface area contributed by atoms with Crippen LogP contribution < -0.4 is 4.74 Å². The number of rotatable bonds is 0. The van der Waals surface area contributed by atoms with Crippen molar-refractivity contribution in [3.63, 3.8) is 0 Å². The van der Waals surface area contributed by atoms with Crippen LogP contribution in [0.1, 0.15) is 44.6 Å². The van der Waals surface area contributed by atoms with Gasteiger partial charge in [-0.3, -0.25) is 0 Å². The zero-order chi connectivity index (χ0) is 11.3. The lowest BCUT2D eigenvalue weighted by molar-refractivity contribution is 0.0883. The summed E-state index contributed by atoms with van der Waals surface area (Å²) in [5, 5.41) is 9.92. The molecule has 1 heterocycles. The fraction of sp³-hybridized carbons (Fsp3) is 0.571. The lowest BCUT2D eigenvalue weighted by atomic mass is 9.70. The number of fused-ring (bicyclic) bond motifs is 3. The maximum atomic E-state index is 9.92. The van der Waals surface area contributed by atoms with Gasteiger partial charge in [-0.05, 0) is 36.8 Å². The van der Waals surface area contributed by atoms with Gasteiger partial charge in [0, 0.05) is 11.5 Å². The Morgan fingerprint density at radius 1 is 1.38 bits per heavy atom. The number of hydrogen-bond acceptors (Lipinski definition) is 2. The van der Waals surface area contributed by atoms with Crippen LogP contribution in [-0.2, 0) is 0 Å². The Kier molecular flexibility index (Phi) is 1.97. The first-order chi connectivity index (χ1) is 7.57. The molecule has 2 unspecified atom stereocenters. The van der Waals surface area contributed by atoms with Crippen molar-refractivity contribution in [3.05, 3.63) is 23.8 Å². The van der Waals surface area contributed by atoms with E-state index in [9.17, 15) is 5.11 Å². The van der Waals surface area contributed by atoms with Crippen molar-refractivity contribution < 1.29 is 9.84 Å². The number of phenolic OH excluding ortho intramolecular Hbond substituents is 1. The zero-order valence-corrected chi connectivity index (χ0v) is 9.86. The van der Waals surface area contributed by atoms with E-state index in [1.807, 2.05) is 12.1 Å². The third-order valence-corrected chi connectivity index (χ3v) is 4.03. The normalized spacial score (nSPS) is 30.4. The molecule has 1 saturated carbocycles. The van der Waals surface area contributed by atoms with Gasteiger partial charge in [-0.25, -0.2) is 0 Å². The highest BCUT2D eigenvalue weighted by Crippen LogP contribution is 2.52. The van der Waals surface area contributed by atoms with Crippen molar-refractivity contribution in [1.82, 2.24) is 0 Å². The molecule has 0 spiro atoms. The molecule has 2 heteroatoms. The standard InChI is InChI=1S/C14H18O2/c1-14(2)7-6-9-12(8-14)16-11-5-3-4-10(15)13(9)11/h3-5,9,12,15H,6-8H2,1-2H3. The fourth-order valence-electron chi connectivity index (χ4n) is 3.15. The van der Waals surface area contributed by atoms with Crippen molar-refractivity contribution >= 4 is 0 Å². The molecule has 1 aromatic carbocycles. The molecular formula is C14H18O2. The molecule has 1 fully saturated rings. The molecule has 2 nitrogen and oxygen atoms in total. The summed E-state index contributed by atoms with van der Waals surface area (Å²) < 4.78 is 5.97. The van der Waals surface area contributed by atoms with Gasteiger partial charge in [-0.1, -0.05) is 19.9 Å². The van der Waals surface area contributed by atoms with Crippen LogP contribution in [0.2, 0.25) is 0 Å². The number of phenols is 1. The molecule has 1 aliphatic heterocycles. The van der Waals surface area contributed by atoms with Crippen molar-refractivity contribution in [1.29, 1.82) is 0 Å². The van der Waals surface area contributed by atoms with Crippen LogP contribution in [0.4, 0.5) is 0 Å². The molecule has 86 valence electrons. The maximum Gasteiger partial charge on any atom is 0.127 e. The summed E-state index contributed by atoms with van der Waals surface area (Å²) in [6, 6.07) is 5.60. The van der Waals surface area contributed by atoms with Gasteiger partial charge in [-0.15, -0.1) is 0 Å². The Morgan fingerprint density at radius 2 is 2.19 bits per heavy atom. The van der Waals surface area contributed by atoms with Gasteiger partial charge in [0.2, 0.25) is 0 Å². The second-order valence-electron chi connectivity index (χ2n) is 5.86. The molecule has 3 rings (SSSR count). The van der Waals surface area contributed by atoms with Crippen molar-refractivity contribution in [2.45, 2.75) is 45.1 Å². The van der Waals surface area contributed by atoms with E-state index in [0.717, 1.165) is 24.2 Å². The van der Waals surface area contributed by atoms with Gasteiger partial charge in [-0.2, -0.15) is 0 Å². The minimum Gasteiger partial charge on any atom is -0.508 e. The largest absolute Gasteiger partial charge is 0.508 e. The maximum absolute atomic E-state index is 9.92. The highest BCUT2D eigenvalue weighted by atomic mass is 16.5. The highest BCUT2D eigenvalue weighted by Gasteiger charge is 2.43. The molecule has 0 amide bonds. The highest BCUT2D eigenvalue weighted by molar-refractivity contribution is 5.50. The Labute approximate surface area is 96.2 Å². The number of ether oxygens (including phenoxy) is 1. The Morgan fingerprint density at radius 3 is 3.00 bits per heavy atom. The topological polar surface area (TPSA) is 29.5 Å². The molecule has 0 radical (unpaired) electrons. The molecule has 0 bridgehead atoms. The smallest absolute Gasteiger partial charge is 0.127 e. The third-order valence-electron chi connectivity index (χ3n) is 4.03. The summed E-state index contributed by atoms with van der Waals surface area (Å²) in [6.07, 6.45) is 3.70. The van der Waals surface area contributed by atoms with Gasteiger partial charge >= 0.3 is 0 Å². The molecule has 1 aromatic rings. The van der Waals surface area contributed by atoms with Crippen LogP contribution >= 0.6 is 0 Å². The lowest BCUT2D eigenvalue weighted by Gasteiger charge is -2.36. The van der Waals surface area contributed by atoms with Crippen LogP contribution in [0.25, 0.3) is 0 Å². The molecule has 1 N–H and O–H groups in total. The first-order valence-electron chi connectivity index (χ1n) is 6.05. The third kappa shape index (κ3) is 1.40. The number of hydrogen-bond donors (Lipinski definition) is 1. The SMILES string of the molecule is CC1(C)CCC2c3c(O)cccc3OC2C1. The van der Waals surface area contributed by atoms with E-state index in [1.54, 1.807) is 6.07 Å². The summed E-state index contributed by atoms with van der Waals surface area (Å²) in [6.45, 7) is 4.60. The van der Waals surface area contributed by atoms with Crippen molar-refractivity contribution in [2.75, 3.05) is 0 Å². The van der Waals surface area contributed by atoms with E-state index in [4.69, 9.17) is 4.74 Å². The van der Waals surface area contributed by atoms with E-state index >= 15 is 0 Å². The Balaban J connectivity index is 1.97. The predicted molar refractivity (Wildman–Crippen MR) is 62.9 cm³/mol. The predicted octanol–water partition coefficient (Wildman–Crippen LogP) is 3.45. The van der Waals surface area contributed by atoms with Gasteiger partial charge < -0.3 is 9.84 Å². The molecule has 16 heavy (non-hydrogen) atoms. The summed E-state index contributed by atoms with van der Waals surface area (Å²) in [5.41, 5.74) is 1.42. The van der Waals surface area contributed by atoms with Crippen LogP contribution in [0.3, 0.4) is 0 Å². The second-order valence-corrected chi connectivity index (χ2v) is 5.86. The Hall–Kier alpha value is -1.18. The van der Waals surface area contributed by atoms with Gasteiger partial charge in [0.1, 0.15) is 17.6 Å². The monoisotopic (exact) mass is 218 g/mol. The average Bonchev–Trinajstić information content (AvgIpc) is 2.54. The van der Waals surface area contributed by atoms with Crippen LogP contribution in [0.15, 0.2) is 18.2 Å². The lowest BCUT2D eigenvalue weighted by Crippen LogP contribution is -2.32. The van der Waals surface area contributed by atoms with Crippen LogP contribution in [0.5, 0.6) is 11.5 Å². The molecule has 2 atom stereocenters. The molecule has 2 aliphatic rings.